The maximum atomic E-state index is 13.6. The van der Waals surface area contributed by atoms with Crippen LogP contribution in [0.3, 0.4) is 0 Å². The molecular formula is C22H17ClFN3O2. The summed E-state index contributed by atoms with van der Waals surface area (Å²) in [6.07, 6.45) is 0. The highest BCUT2D eigenvalue weighted by Gasteiger charge is 2.24. The zero-order valence-corrected chi connectivity index (χ0v) is 16.2. The van der Waals surface area contributed by atoms with E-state index in [9.17, 15) is 4.39 Å². The van der Waals surface area contributed by atoms with Crippen molar-refractivity contribution >= 4 is 17.3 Å². The number of rotatable bonds is 6. The second-order valence-corrected chi connectivity index (χ2v) is 6.69. The Hall–Kier alpha value is -3.38. The number of hydrogen-bond donors (Lipinski definition) is 1. The van der Waals surface area contributed by atoms with E-state index in [0.717, 1.165) is 17.0 Å². The number of aromatic nitrogens is 2. The third-order valence-corrected chi connectivity index (χ3v) is 4.71. The van der Waals surface area contributed by atoms with Crippen LogP contribution < -0.4 is 10.1 Å². The molecular weight excluding hydrogens is 393 g/mol. The predicted octanol–water partition coefficient (Wildman–Crippen LogP) is 5.74. The molecule has 0 unspecified atom stereocenters. The van der Waals surface area contributed by atoms with Gasteiger partial charge in [-0.3, -0.25) is 0 Å². The van der Waals surface area contributed by atoms with Gasteiger partial charge in [0.25, 0.3) is 0 Å². The summed E-state index contributed by atoms with van der Waals surface area (Å²) in [7, 11) is 1.60. The highest BCUT2D eigenvalue weighted by Crippen LogP contribution is 2.33. The fourth-order valence-electron chi connectivity index (χ4n) is 2.91. The van der Waals surface area contributed by atoms with Crippen LogP contribution in [-0.2, 0) is 0 Å². The predicted molar refractivity (Wildman–Crippen MR) is 110 cm³/mol. The summed E-state index contributed by atoms with van der Waals surface area (Å²) in [4.78, 5) is 0. The van der Waals surface area contributed by atoms with Crippen molar-refractivity contribution in [1.29, 1.82) is 0 Å². The average molecular weight is 410 g/mol. The Morgan fingerprint density at radius 3 is 2.45 bits per heavy atom. The molecule has 0 spiro atoms. The van der Waals surface area contributed by atoms with E-state index in [4.69, 9.17) is 20.8 Å². The van der Waals surface area contributed by atoms with Crippen LogP contribution in [0.1, 0.15) is 17.5 Å². The lowest BCUT2D eigenvalue weighted by molar-refractivity contribution is 0.415. The van der Waals surface area contributed by atoms with Gasteiger partial charge in [0.05, 0.1) is 7.11 Å². The van der Waals surface area contributed by atoms with Crippen LogP contribution in [0, 0.1) is 5.82 Å². The molecule has 0 aliphatic carbocycles. The molecule has 0 bridgehead atoms. The van der Waals surface area contributed by atoms with E-state index in [0.29, 0.717) is 17.3 Å². The zero-order valence-electron chi connectivity index (χ0n) is 15.5. The fraction of sp³-hybridized carbons (Fsp3) is 0.0909. The van der Waals surface area contributed by atoms with E-state index in [1.54, 1.807) is 13.2 Å². The monoisotopic (exact) mass is 409 g/mol. The third-order valence-electron chi connectivity index (χ3n) is 4.38. The summed E-state index contributed by atoms with van der Waals surface area (Å²) in [5.74, 6) is 1.02. The van der Waals surface area contributed by atoms with Gasteiger partial charge in [-0.05, 0) is 48.5 Å². The van der Waals surface area contributed by atoms with E-state index in [2.05, 4.69) is 15.5 Å². The molecule has 3 aromatic carbocycles. The summed E-state index contributed by atoms with van der Waals surface area (Å²) >= 11 is 6.32. The Labute approximate surface area is 172 Å². The van der Waals surface area contributed by atoms with E-state index in [-0.39, 0.29) is 5.02 Å². The minimum Gasteiger partial charge on any atom is -0.497 e. The third kappa shape index (κ3) is 4.22. The van der Waals surface area contributed by atoms with E-state index < -0.39 is 11.9 Å². The summed E-state index contributed by atoms with van der Waals surface area (Å²) in [6.45, 7) is 0. The SMILES string of the molecule is COc1ccc(N[C@@H](c2nnc(-c3ccccc3)o2)c2ccc(F)cc2Cl)cc1. The molecule has 0 aliphatic heterocycles. The molecule has 5 nitrogen and oxygen atoms in total. The van der Waals surface area contributed by atoms with Crippen LogP contribution in [0.25, 0.3) is 11.5 Å². The van der Waals surface area contributed by atoms with Gasteiger partial charge in [-0.1, -0.05) is 35.9 Å². The standard InChI is InChI=1S/C22H17ClFN3O2/c1-28-17-10-8-16(9-11-17)25-20(18-12-7-15(24)13-19(18)23)22-27-26-21(29-22)14-5-3-2-4-6-14/h2-13,20,25H,1H3/t20-/m1/s1. The van der Waals surface area contributed by atoms with E-state index in [1.165, 1.54) is 12.1 Å². The highest BCUT2D eigenvalue weighted by atomic mass is 35.5. The Morgan fingerprint density at radius 2 is 1.76 bits per heavy atom. The topological polar surface area (TPSA) is 60.2 Å². The van der Waals surface area contributed by atoms with Crippen molar-refractivity contribution in [3.05, 3.63) is 95.1 Å². The van der Waals surface area contributed by atoms with Crippen LogP contribution >= 0.6 is 11.6 Å². The molecule has 1 atom stereocenters. The Bertz CT molecular complexity index is 1100. The highest BCUT2D eigenvalue weighted by molar-refractivity contribution is 6.31. The first-order valence-electron chi connectivity index (χ1n) is 8.88. The number of nitrogens with one attached hydrogen (secondary N) is 1. The molecule has 0 saturated carbocycles. The molecule has 0 radical (unpaired) electrons. The van der Waals surface area contributed by atoms with Gasteiger partial charge >= 0.3 is 0 Å². The van der Waals surface area contributed by atoms with Crippen molar-refractivity contribution in [1.82, 2.24) is 10.2 Å². The molecule has 1 aromatic heterocycles. The summed E-state index contributed by atoms with van der Waals surface area (Å²) < 4.78 is 24.7. The summed E-state index contributed by atoms with van der Waals surface area (Å²) in [5.41, 5.74) is 2.21. The Balaban J connectivity index is 1.72. The average Bonchev–Trinajstić information content (AvgIpc) is 3.24. The van der Waals surface area contributed by atoms with Crippen molar-refractivity contribution < 1.29 is 13.5 Å². The Kier molecular flexibility index (Phi) is 5.44. The molecule has 4 aromatic rings. The lowest BCUT2D eigenvalue weighted by atomic mass is 10.1. The summed E-state index contributed by atoms with van der Waals surface area (Å²) in [5, 5.41) is 12.0. The van der Waals surface area contributed by atoms with Gasteiger partial charge < -0.3 is 14.5 Å². The number of anilines is 1. The molecule has 1 heterocycles. The lowest BCUT2D eigenvalue weighted by Gasteiger charge is -2.18. The van der Waals surface area contributed by atoms with Crippen molar-refractivity contribution in [2.45, 2.75) is 6.04 Å². The van der Waals surface area contributed by atoms with Crippen molar-refractivity contribution in [2.24, 2.45) is 0 Å². The van der Waals surface area contributed by atoms with Crippen LogP contribution in [0.5, 0.6) is 5.75 Å². The van der Waals surface area contributed by atoms with Gasteiger partial charge in [0, 0.05) is 21.8 Å². The van der Waals surface area contributed by atoms with Crippen molar-refractivity contribution in [2.75, 3.05) is 12.4 Å². The maximum absolute atomic E-state index is 13.6. The summed E-state index contributed by atoms with van der Waals surface area (Å²) in [6, 6.07) is 20.5. The minimum absolute atomic E-state index is 0.260. The molecule has 4 rings (SSSR count). The number of nitrogens with zero attached hydrogens (tertiary/aromatic N) is 2. The number of ether oxygens (including phenoxy) is 1. The van der Waals surface area contributed by atoms with Gasteiger partial charge in [-0.15, -0.1) is 10.2 Å². The fourth-order valence-corrected chi connectivity index (χ4v) is 3.19. The van der Waals surface area contributed by atoms with Crippen LogP contribution in [-0.4, -0.2) is 17.3 Å². The molecule has 1 N–H and O–H groups in total. The lowest BCUT2D eigenvalue weighted by Crippen LogP contribution is -2.13. The minimum atomic E-state index is -0.568. The normalized spacial score (nSPS) is 11.8. The second kappa shape index (κ2) is 8.32. The van der Waals surface area contributed by atoms with E-state index in [1.807, 2.05) is 54.6 Å². The number of methoxy groups -OCH3 is 1. The Morgan fingerprint density at radius 1 is 1.00 bits per heavy atom. The number of benzene rings is 3. The second-order valence-electron chi connectivity index (χ2n) is 6.28. The van der Waals surface area contributed by atoms with Crippen LogP contribution in [0.2, 0.25) is 5.02 Å². The smallest absolute Gasteiger partial charge is 0.247 e. The molecule has 0 amide bonds. The molecule has 29 heavy (non-hydrogen) atoms. The molecule has 0 aliphatic rings. The zero-order chi connectivity index (χ0) is 20.2. The van der Waals surface area contributed by atoms with Gasteiger partial charge in [0.2, 0.25) is 11.8 Å². The van der Waals surface area contributed by atoms with Gasteiger partial charge in [-0.2, -0.15) is 0 Å². The number of halogens is 2. The van der Waals surface area contributed by atoms with Gasteiger partial charge in [0.1, 0.15) is 17.6 Å². The van der Waals surface area contributed by atoms with Crippen LogP contribution in [0.15, 0.2) is 77.2 Å². The number of hydrogen-bond acceptors (Lipinski definition) is 5. The maximum Gasteiger partial charge on any atom is 0.247 e. The van der Waals surface area contributed by atoms with Crippen molar-refractivity contribution in [3.8, 4) is 17.2 Å². The molecule has 0 fully saturated rings. The molecule has 0 saturated heterocycles. The van der Waals surface area contributed by atoms with Gasteiger partial charge in [-0.25, -0.2) is 4.39 Å². The van der Waals surface area contributed by atoms with Gasteiger partial charge in [0.15, 0.2) is 0 Å². The quantitative estimate of drug-likeness (QED) is 0.440. The first-order valence-corrected chi connectivity index (χ1v) is 9.26. The largest absolute Gasteiger partial charge is 0.497 e. The first-order chi connectivity index (χ1) is 14.1. The van der Waals surface area contributed by atoms with E-state index >= 15 is 0 Å². The first kappa shape index (κ1) is 19.0. The van der Waals surface area contributed by atoms with Crippen molar-refractivity contribution in [3.63, 3.8) is 0 Å². The molecule has 146 valence electrons. The van der Waals surface area contributed by atoms with Crippen LogP contribution in [0.4, 0.5) is 10.1 Å². The molecule has 7 heteroatoms.